The van der Waals surface area contributed by atoms with E-state index in [0.29, 0.717) is 6.42 Å². The Balaban J connectivity index is 1.98. The molecule has 2 aromatic rings. The van der Waals surface area contributed by atoms with Crippen LogP contribution in [0.15, 0.2) is 53.0 Å². The first-order valence-electron chi connectivity index (χ1n) is 5.74. The summed E-state index contributed by atoms with van der Waals surface area (Å²) in [5, 5.41) is 2.88. The molecule has 0 aromatic heterocycles. The molecule has 1 amide bonds. The van der Waals surface area contributed by atoms with Crippen LogP contribution in [0.2, 0.25) is 0 Å². The highest BCUT2D eigenvalue weighted by atomic mass is 79.9. The van der Waals surface area contributed by atoms with E-state index in [9.17, 15) is 4.79 Å². The molecule has 0 atom stereocenters. The number of carbonyl (C=O) groups is 1. The first-order valence-corrected chi connectivity index (χ1v) is 6.54. The van der Waals surface area contributed by atoms with E-state index in [1.54, 1.807) is 0 Å². The smallest absolute Gasteiger partial charge is 0.228 e. The van der Waals surface area contributed by atoms with Crippen molar-refractivity contribution < 1.29 is 4.79 Å². The Morgan fingerprint density at radius 3 is 2.56 bits per heavy atom. The van der Waals surface area contributed by atoms with Gasteiger partial charge in [-0.2, -0.15) is 0 Å². The number of rotatable bonds is 3. The third-order valence-electron chi connectivity index (χ3n) is 2.59. The lowest BCUT2D eigenvalue weighted by molar-refractivity contribution is -0.115. The second-order valence-corrected chi connectivity index (χ2v) is 5.14. The number of aryl methyl sites for hydroxylation is 1. The van der Waals surface area contributed by atoms with Gasteiger partial charge in [-0.25, -0.2) is 0 Å². The second-order valence-electron chi connectivity index (χ2n) is 4.22. The predicted molar refractivity (Wildman–Crippen MR) is 77.7 cm³/mol. The van der Waals surface area contributed by atoms with Gasteiger partial charge in [-0.05, 0) is 30.7 Å². The Bertz CT molecular complexity index is 549. The molecule has 92 valence electrons. The molecular weight excluding hydrogens is 290 g/mol. The minimum absolute atomic E-state index is 0.00282. The average Bonchev–Trinajstić information content (AvgIpc) is 2.32. The number of anilines is 1. The summed E-state index contributed by atoms with van der Waals surface area (Å²) in [7, 11) is 0. The van der Waals surface area contributed by atoms with E-state index < -0.39 is 0 Å². The van der Waals surface area contributed by atoms with Gasteiger partial charge in [0.15, 0.2) is 0 Å². The highest BCUT2D eigenvalue weighted by Gasteiger charge is 2.04. The Morgan fingerprint density at radius 2 is 1.89 bits per heavy atom. The van der Waals surface area contributed by atoms with Gasteiger partial charge in [0.1, 0.15) is 0 Å². The molecule has 0 bridgehead atoms. The van der Waals surface area contributed by atoms with E-state index in [-0.39, 0.29) is 5.91 Å². The van der Waals surface area contributed by atoms with Crippen LogP contribution in [0.1, 0.15) is 11.1 Å². The van der Waals surface area contributed by atoms with Gasteiger partial charge in [-0.1, -0.05) is 51.8 Å². The lowest BCUT2D eigenvalue weighted by Crippen LogP contribution is -2.14. The van der Waals surface area contributed by atoms with E-state index in [2.05, 4.69) is 21.2 Å². The fourth-order valence-electron chi connectivity index (χ4n) is 1.66. The summed E-state index contributed by atoms with van der Waals surface area (Å²) in [4.78, 5) is 11.9. The van der Waals surface area contributed by atoms with Gasteiger partial charge in [-0.3, -0.25) is 4.79 Å². The summed E-state index contributed by atoms with van der Waals surface area (Å²) in [6.45, 7) is 2.03. The number of hydrogen-bond acceptors (Lipinski definition) is 1. The predicted octanol–water partition coefficient (Wildman–Crippen LogP) is 3.94. The fourth-order valence-corrected chi connectivity index (χ4v) is 2.06. The average molecular weight is 304 g/mol. The van der Waals surface area contributed by atoms with Gasteiger partial charge in [0.05, 0.1) is 6.42 Å². The van der Waals surface area contributed by atoms with E-state index in [1.807, 2.05) is 55.5 Å². The van der Waals surface area contributed by atoms with Crippen molar-refractivity contribution in [2.24, 2.45) is 0 Å². The van der Waals surface area contributed by atoms with E-state index in [1.165, 1.54) is 5.56 Å². The van der Waals surface area contributed by atoms with E-state index >= 15 is 0 Å². The van der Waals surface area contributed by atoms with Gasteiger partial charge in [0.25, 0.3) is 0 Å². The standard InChI is InChI=1S/C15H14BrNO/c1-11-5-7-12(8-6-11)9-15(18)17-14-4-2-3-13(16)10-14/h2-8,10H,9H2,1H3,(H,17,18). The first kappa shape index (κ1) is 12.8. The quantitative estimate of drug-likeness (QED) is 0.914. The van der Waals surface area contributed by atoms with Crippen molar-refractivity contribution in [1.29, 1.82) is 0 Å². The zero-order valence-corrected chi connectivity index (χ0v) is 11.7. The maximum absolute atomic E-state index is 11.9. The van der Waals surface area contributed by atoms with E-state index in [0.717, 1.165) is 15.7 Å². The molecular formula is C15H14BrNO. The lowest BCUT2D eigenvalue weighted by atomic mass is 10.1. The third kappa shape index (κ3) is 3.70. The zero-order valence-electron chi connectivity index (χ0n) is 10.1. The van der Waals surface area contributed by atoms with Gasteiger partial charge < -0.3 is 5.32 Å². The minimum Gasteiger partial charge on any atom is -0.326 e. The second kappa shape index (κ2) is 5.83. The van der Waals surface area contributed by atoms with E-state index in [4.69, 9.17) is 0 Å². The summed E-state index contributed by atoms with van der Waals surface area (Å²) < 4.78 is 0.954. The van der Waals surface area contributed by atoms with Crippen LogP contribution in [0.4, 0.5) is 5.69 Å². The molecule has 0 spiro atoms. The SMILES string of the molecule is Cc1ccc(CC(=O)Nc2cccc(Br)c2)cc1. The molecule has 0 aliphatic carbocycles. The Hall–Kier alpha value is -1.61. The number of halogens is 1. The number of carbonyl (C=O) groups excluding carboxylic acids is 1. The molecule has 0 heterocycles. The normalized spacial score (nSPS) is 10.1. The van der Waals surface area contributed by atoms with Crippen molar-refractivity contribution in [3.05, 3.63) is 64.1 Å². The molecule has 0 radical (unpaired) electrons. The van der Waals surface area contributed by atoms with Crippen LogP contribution in [0.5, 0.6) is 0 Å². The van der Waals surface area contributed by atoms with Crippen molar-refractivity contribution >= 4 is 27.5 Å². The first-order chi connectivity index (χ1) is 8.63. The minimum atomic E-state index is -0.00282. The maximum Gasteiger partial charge on any atom is 0.228 e. The molecule has 0 saturated carbocycles. The van der Waals surface area contributed by atoms with Crippen molar-refractivity contribution in [2.75, 3.05) is 5.32 Å². The Labute approximate surface area is 115 Å². The lowest BCUT2D eigenvalue weighted by Gasteiger charge is -2.06. The fraction of sp³-hybridized carbons (Fsp3) is 0.133. The monoisotopic (exact) mass is 303 g/mol. The molecule has 3 heteroatoms. The van der Waals surface area contributed by atoms with Crippen LogP contribution >= 0.6 is 15.9 Å². The van der Waals surface area contributed by atoms with Gasteiger partial charge in [0, 0.05) is 10.2 Å². The highest BCUT2D eigenvalue weighted by Crippen LogP contribution is 2.16. The molecule has 0 unspecified atom stereocenters. The van der Waals surface area contributed by atoms with Crippen LogP contribution in [0, 0.1) is 6.92 Å². The molecule has 2 rings (SSSR count). The molecule has 18 heavy (non-hydrogen) atoms. The summed E-state index contributed by atoms with van der Waals surface area (Å²) in [5.74, 6) is -0.00282. The van der Waals surface area contributed by atoms with Crippen LogP contribution in [0.25, 0.3) is 0 Å². The Morgan fingerprint density at radius 1 is 1.17 bits per heavy atom. The van der Waals surface area contributed by atoms with Gasteiger partial charge in [0.2, 0.25) is 5.91 Å². The molecule has 2 nitrogen and oxygen atoms in total. The van der Waals surface area contributed by atoms with Crippen LogP contribution < -0.4 is 5.32 Å². The summed E-state index contributed by atoms with van der Waals surface area (Å²) in [6.07, 6.45) is 0.396. The summed E-state index contributed by atoms with van der Waals surface area (Å²) >= 11 is 3.38. The van der Waals surface area contributed by atoms with Crippen molar-refractivity contribution in [3.8, 4) is 0 Å². The van der Waals surface area contributed by atoms with Crippen LogP contribution in [-0.2, 0) is 11.2 Å². The highest BCUT2D eigenvalue weighted by molar-refractivity contribution is 9.10. The maximum atomic E-state index is 11.9. The molecule has 0 aliphatic heterocycles. The third-order valence-corrected chi connectivity index (χ3v) is 3.09. The topological polar surface area (TPSA) is 29.1 Å². The van der Waals surface area contributed by atoms with Crippen LogP contribution in [-0.4, -0.2) is 5.91 Å². The molecule has 0 saturated heterocycles. The molecule has 1 N–H and O–H groups in total. The van der Waals surface area contributed by atoms with Crippen molar-refractivity contribution in [2.45, 2.75) is 13.3 Å². The van der Waals surface area contributed by atoms with Crippen molar-refractivity contribution in [3.63, 3.8) is 0 Å². The number of amides is 1. The molecule has 0 fully saturated rings. The largest absolute Gasteiger partial charge is 0.326 e. The van der Waals surface area contributed by atoms with Gasteiger partial charge in [-0.15, -0.1) is 0 Å². The summed E-state index contributed by atoms with van der Waals surface area (Å²) in [6, 6.07) is 15.6. The molecule has 0 aliphatic rings. The zero-order chi connectivity index (χ0) is 13.0. The Kier molecular flexibility index (Phi) is 4.15. The van der Waals surface area contributed by atoms with Crippen molar-refractivity contribution in [1.82, 2.24) is 0 Å². The number of hydrogen-bond donors (Lipinski definition) is 1. The van der Waals surface area contributed by atoms with Gasteiger partial charge >= 0.3 is 0 Å². The van der Waals surface area contributed by atoms with Crippen LogP contribution in [0.3, 0.4) is 0 Å². The number of nitrogens with one attached hydrogen (secondary N) is 1. The summed E-state index contributed by atoms with van der Waals surface area (Å²) in [5.41, 5.74) is 3.03. The number of benzene rings is 2. The molecule has 2 aromatic carbocycles.